The minimum absolute atomic E-state index is 0.280. The summed E-state index contributed by atoms with van der Waals surface area (Å²) in [6.07, 6.45) is 3.50. The van der Waals surface area contributed by atoms with E-state index < -0.39 is 5.76 Å². The molecule has 2 atom stereocenters. The van der Waals surface area contributed by atoms with Crippen molar-refractivity contribution in [2.24, 2.45) is 5.73 Å². The van der Waals surface area contributed by atoms with E-state index in [0.717, 1.165) is 24.0 Å². The summed E-state index contributed by atoms with van der Waals surface area (Å²) in [5.74, 6) is -0.404. The van der Waals surface area contributed by atoms with Gasteiger partial charge in [-0.3, -0.25) is 9.88 Å². The highest BCUT2D eigenvalue weighted by Gasteiger charge is 2.27. The maximum absolute atomic E-state index is 11.1. The Balaban J connectivity index is 1.78. The topological polar surface area (TPSA) is 75.3 Å². The van der Waals surface area contributed by atoms with Crippen molar-refractivity contribution in [2.45, 2.75) is 37.9 Å². The first-order chi connectivity index (χ1) is 9.13. The molecule has 1 aromatic carbocycles. The number of aromatic amines is 1. The third-order valence-corrected chi connectivity index (χ3v) is 4.01. The Kier molecular flexibility index (Phi) is 3.16. The van der Waals surface area contributed by atoms with Gasteiger partial charge >= 0.3 is 5.76 Å². The second-order valence-electron chi connectivity index (χ2n) is 5.42. The van der Waals surface area contributed by atoms with Crippen LogP contribution in [0.2, 0.25) is 0 Å². The molecule has 1 heterocycles. The molecule has 1 fully saturated rings. The normalized spacial score (nSPS) is 23.5. The van der Waals surface area contributed by atoms with Gasteiger partial charge in [0.2, 0.25) is 0 Å². The summed E-state index contributed by atoms with van der Waals surface area (Å²) >= 11 is 0. The number of nitrogens with zero attached hydrogens (tertiary/aromatic N) is 1. The molecule has 0 aliphatic heterocycles. The van der Waals surface area contributed by atoms with Crippen LogP contribution in [-0.2, 0) is 6.54 Å². The molecule has 1 aromatic heterocycles. The van der Waals surface area contributed by atoms with E-state index in [1.807, 2.05) is 18.2 Å². The molecule has 0 spiro atoms. The van der Waals surface area contributed by atoms with Crippen LogP contribution in [0, 0.1) is 0 Å². The van der Waals surface area contributed by atoms with Gasteiger partial charge in [0.05, 0.1) is 5.52 Å². The number of hydrogen-bond acceptors (Lipinski definition) is 4. The monoisotopic (exact) mass is 261 g/mol. The fourth-order valence-corrected chi connectivity index (χ4v) is 3.02. The van der Waals surface area contributed by atoms with Crippen LogP contribution in [-0.4, -0.2) is 29.0 Å². The van der Waals surface area contributed by atoms with Gasteiger partial charge in [0, 0.05) is 18.6 Å². The molecule has 2 aromatic rings. The summed E-state index contributed by atoms with van der Waals surface area (Å²) in [4.78, 5) is 16.1. The molecule has 5 heteroatoms. The van der Waals surface area contributed by atoms with E-state index in [1.165, 1.54) is 12.8 Å². The van der Waals surface area contributed by atoms with Crippen molar-refractivity contribution in [2.75, 3.05) is 7.05 Å². The number of oxazole rings is 1. The molecular weight excluding hydrogens is 242 g/mol. The van der Waals surface area contributed by atoms with Gasteiger partial charge in [0.15, 0.2) is 5.58 Å². The summed E-state index contributed by atoms with van der Waals surface area (Å²) in [6.45, 7) is 0.835. The lowest BCUT2D eigenvalue weighted by atomic mass is 10.1. The summed E-state index contributed by atoms with van der Waals surface area (Å²) in [5, 5.41) is 0. The van der Waals surface area contributed by atoms with Crippen molar-refractivity contribution in [1.82, 2.24) is 9.88 Å². The van der Waals surface area contributed by atoms with Crippen LogP contribution in [0.15, 0.2) is 27.4 Å². The van der Waals surface area contributed by atoms with E-state index in [0.29, 0.717) is 11.6 Å². The first-order valence-electron chi connectivity index (χ1n) is 6.71. The number of hydrogen-bond donors (Lipinski definition) is 2. The average Bonchev–Trinajstić information content (AvgIpc) is 2.93. The van der Waals surface area contributed by atoms with Gasteiger partial charge in [-0.05, 0) is 37.6 Å². The molecule has 0 bridgehead atoms. The first-order valence-corrected chi connectivity index (χ1v) is 6.71. The fourth-order valence-electron chi connectivity index (χ4n) is 3.02. The van der Waals surface area contributed by atoms with Gasteiger partial charge in [0.1, 0.15) is 0 Å². The van der Waals surface area contributed by atoms with E-state index in [1.54, 1.807) is 0 Å². The molecule has 2 unspecified atom stereocenters. The van der Waals surface area contributed by atoms with Crippen LogP contribution >= 0.6 is 0 Å². The van der Waals surface area contributed by atoms with Crippen molar-refractivity contribution in [3.8, 4) is 0 Å². The summed E-state index contributed by atoms with van der Waals surface area (Å²) in [6, 6.07) is 6.54. The van der Waals surface area contributed by atoms with E-state index >= 15 is 0 Å². The standard InChI is InChI=1S/C14H19N3O2/c1-17(12-4-2-3-10(12)15)8-9-5-6-13-11(7-9)16-14(18)19-13/h5-7,10,12H,2-4,8,15H2,1H3,(H,16,18). The summed E-state index contributed by atoms with van der Waals surface area (Å²) in [7, 11) is 2.11. The smallest absolute Gasteiger partial charge is 0.408 e. The van der Waals surface area contributed by atoms with E-state index in [2.05, 4.69) is 16.9 Å². The van der Waals surface area contributed by atoms with Crippen LogP contribution in [0.5, 0.6) is 0 Å². The molecule has 0 radical (unpaired) electrons. The lowest BCUT2D eigenvalue weighted by Crippen LogP contribution is -2.41. The van der Waals surface area contributed by atoms with E-state index in [9.17, 15) is 4.79 Å². The van der Waals surface area contributed by atoms with Crippen molar-refractivity contribution < 1.29 is 4.42 Å². The molecule has 1 aliphatic rings. The van der Waals surface area contributed by atoms with Crippen molar-refractivity contribution >= 4 is 11.1 Å². The number of aromatic nitrogens is 1. The number of nitrogens with two attached hydrogens (primary N) is 1. The van der Waals surface area contributed by atoms with Gasteiger partial charge in [-0.1, -0.05) is 12.5 Å². The van der Waals surface area contributed by atoms with Crippen molar-refractivity contribution in [3.05, 3.63) is 34.3 Å². The highest BCUT2D eigenvalue weighted by molar-refractivity contribution is 5.72. The third-order valence-electron chi connectivity index (χ3n) is 4.01. The lowest BCUT2D eigenvalue weighted by molar-refractivity contribution is 0.220. The van der Waals surface area contributed by atoms with Crippen LogP contribution in [0.4, 0.5) is 0 Å². The predicted octanol–water partition coefficient (Wildman–Crippen LogP) is 1.43. The zero-order chi connectivity index (χ0) is 13.4. The van der Waals surface area contributed by atoms with E-state index in [4.69, 9.17) is 10.2 Å². The quantitative estimate of drug-likeness (QED) is 0.876. The largest absolute Gasteiger partial charge is 0.417 e. The molecular formula is C14H19N3O2. The lowest BCUT2D eigenvalue weighted by Gasteiger charge is -2.27. The molecule has 3 rings (SSSR count). The Hall–Kier alpha value is -1.59. The van der Waals surface area contributed by atoms with Crippen LogP contribution in [0.1, 0.15) is 24.8 Å². The van der Waals surface area contributed by atoms with Gasteiger partial charge in [-0.25, -0.2) is 4.79 Å². The number of H-pyrrole nitrogens is 1. The van der Waals surface area contributed by atoms with Crippen molar-refractivity contribution in [3.63, 3.8) is 0 Å². The zero-order valence-corrected chi connectivity index (χ0v) is 11.1. The Morgan fingerprint density at radius 1 is 1.47 bits per heavy atom. The highest BCUT2D eigenvalue weighted by Crippen LogP contribution is 2.23. The Labute approximate surface area is 111 Å². The number of benzene rings is 1. The maximum atomic E-state index is 11.1. The Morgan fingerprint density at radius 3 is 3.05 bits per heavy atom. The SMILES string of the molecule is CN(Cc1ccc2oc(=O)[nH]c2c1)C1CCCC1N. The predicted molar refractivity (Wildman–Crippen MR) is 73.9 cm³/mol. The maximum Gasteiger partial charge on any atom is 0.417 e. The third kappa shape index (κ3) is 2.43. The summed E-state index contributed by atoms with van der Waals surface area (Å²) < 4.78 is 5.00. The second kappa shape index (κ2) is 4.83. The number of nitrogens with one attached hydrogen (secondary N) is 1. The summed E-state index contributed by atoms with van der Waals surface area (Å²) in [5.41, 5.74) is 8.64. The van der Waals surface area contributed by atoms with Gasteiger partial charge in [-0.2, -0.15) is 0 Å². The molecule has 1 saturated carbocycles. The number of rotatable bonds is 3. The minimum Gasteiger partial charge on any atom is -0.408 e. The molecule has 3 N–H and O–H groups in total. The van der Waals surface area contributed by atoms with Gasteiger partial charge < -0.3 is 10.2 Å². The molecule has 19 heavy (non-hydrogen) atoms. The molecule has 102 valence electrons. The van der Waals surface area contributed by atoms with Crippen molar-refractivity contribution in [1.29, 1.82) is 0 Å². The van der Waals surface area contributed by atoms with Crippen LogP contribution < -0.4 is 11.5 Å². The first kappa shape index (κ1) is 12.4. The van der Waals surface area contributed by atoms with Crippen LogP contribution in [0.25, 0.3) is 11.1 Å². The minimum atomic E-state index is -0.404. The molecule has 1 aliphatic carbocycles. The van der Waals surface area contributed by atoms with Crippen LogP contribution in [0.3, 0.4) is 0 Å². The molecule has 5 nitrogen and oxygen atoms in total. The Bertz CT molecular complexity index is 631. The molecule has 0 amide bonds. The van der Waals surface area contributed by atoms with E-state index in [-0.39, 0.29) is 6.04 Å². The van der Waals surface area contributed by atoms with Gasteiger partial charge in [0.25, 0.3) is 0 Å². The number of likely N-dealkylation sites (N-methyl/N-ethyl adjacent to an activating group) is 1. The highest BCUT2D eigenvalue weighted by atomic mass is 16.4. The fraction of sp³-hybridized carbons (Fsp3) is 0.500. The van der Waals surface area contributed by atoms with Gasteiger partial charge in [-0.15, -0.1) is 0 Å². The zero-order valence-electron chi connectivity index (χ0n) is 11.1. The Morgan fingerprint density at radius 2 is 2.32 bits per heavy atom. The number of fused-ring (bicyclic) bond motifs is 1. The second-order valence-corrected chi connectivity index (χ2v) is 5.42. The average molecular weight is 261 g/mol. The molecule has 0 saturated heterocycles.